The van der Waals surface area contributed by atoms with Crippen molar-refractivity contribution in [1.29, 1.82) is 0 Å². The number of pyridine rings is 1. The van der Waals surface area contributed by atoms with Gasteiger partial charge in [-0.1, -0.05) is 12.8 Å². The van der Waals surface area contributed by atoms with Gasteiger partial charge in [0.25, 0.3) is 0 Å². The molecule has 2 nitrogen and oxygen atoms in total. The molecule has 1 aliphatic rings. The third kappa shape index (κ3) is 3.60. The van der Waals surface area contributed by atoms with Crippen molar-refractivity contribution in [2.24, 2.45) is 5.92 Å². The van der Waals surface area contributed by atoms with E-state index in [0.29, 0.717) is 6.04 Å². The number of aromatic nitrogens is 1. The molecule has 0 aromatic carbocycles. The summed E-state index contributed by atoms with van der Waals surface area (Å²) < 4.78 is 0. The van der Waals surface area contributed by atoms with Crippen LogP contribution in [0.5, 0.6) is 0 Å². The highest BCUT2D eigenvalue weighted by atomic mass is 14.9. The zero-order valence-corrected chi connectivity index (χ0v) is 10.4. The van der Waals surface area contributed by atoms with Gasteiger partial charge >= 0.3 is 0 Å². The van der Waals surface area contributed by atoms with Gasteiger partial charge in [0.05, 0.1) is 0 Å². The van der Waals surface area contributed by atoms with Gasteiger partial charge in [0.1, 0.15) is 0 Å². The normalized spacial score (nSPS) is 17.4. The summed E-state index contributed by atoms with van der Waals surface area (Å²) in [5.41, 5.74) is 2.72. The highest BCUT2D eigenvalue weighted by Crippen LogP contribution is 2.33. The van der Waals surface area contributed by atoms with Crippen LogP contribution in [-0.4, -0.2) is 17.6 Å². The maximum absolute atomic E-state index is 4.12. The van der Waals surface area contributed by atoms with Gasteiger partial charge in [0.15, 0.2) is 0 Å². The molecule has 0 radical (unpaired) electrons. The molecule has 1 atom stereocenters. The first-order valence-corrected chi connectivity index (χ1v) is 6.38. The fraction of sp³-hybridized carbons (Fsp3) is 0.643. The molecule has 1 unspecified atom stereocenters. The molecule has 16 heavy (non-hydrogen) atoms. The van der Waals surface area contributed by atoms with Crippen LogP contribution in [0.2, 0.25) is 0 Å². The highest BCUT2D eigenvalue weighted by molar-refractivity contribution is 5.21. The molecule has 2 heteroatoms. The first-order chi connectivity index (χ1) is 7.75. The van der Waals surface area contributed by atoms with Gasteiger partial charge < -0.3 is 5.32 Å². The van der Waals surface area contributed by atoms with E-state index in [0.717, 1.165) is 18.9 Å². The zero-order valence-electron chi connectivity index (χ0n) is 10.4. The molecule has 0 spiro atoms. The van der Waals surface area contributed by atoms with Gasteiger partial charge in [-0.2, -0.15) is 0 Å². The van der Waals surface area contributed by atoms with Gasteiger partial charge in [-0.3, -0.25) is 4.98 Å². The molecule has 1 fully saturated rings. The largest absolute Gasteiger partial charge is 0.314 e. The summed E-state index contributed by atoms with van der Waals surface area (Å²) in [6.45, 7) is 5.52. The Morgan fingerprint density at radius 3 is 3.00 bits per heavy atom. The lowest BCUT2D eigenvalue weighted by Crippen LogP contribution is -2.28. The van der Waals surface area contributed by atoms with Crippen LogP contribution in [0.4, 0.5) is 0 Å². The van der Waals surface area contributed by atoms with Crippen molar-refractivity contribution < 1.29 is 0 Å². The van der Waals surface area contributed by atoms with Crippen LogP contribution in [0.25, 0.3) is 0 Å². The predicted octanol–water partition coefficient (Wildman–Crippen LogP) is 2.71. The Balaban J connectivity index is 1.68. The van der Waals surface area contributed by atoms with Crippen molar-refractivity contribution >= 4 is 0 Å². The Labute approximate surface area is 98.5 Å². The van der Waals surface area contributed by atoms with Crippen LogP contribution < -0.4 is 5.32 Å². The molecule has 1 N–H and O–H groups in total. The summed E-state index contributed by atoms with van der Waals surface area (Å²) in [6, 6.07) is 2.80. The van der Waals surface area contributed by atoms with E-state index in [1.54, 1.807) is 0 Å². The van der Waals surface area contributed by atoms with Gasteiger partial charge in [-0.25, -0.2) is 0 Å². The summed E-state index contributed by atoms with van der Waals surface area (Å²) in [7, 11) is 0. The molecule has 88 valence electrons. The number of hydrogen-bond donors (Lipinski definition) is 1. The van der Waals surface area contributed by atoms with E-state index in [1.807, 2.05) is 12.4 Å². The Morgan fingerprint density at radius 2 is 2.31 bits per heavy atom. The summed E-state index contributed by atoms with van der Waals surface area (Å²) >= 11 is 0. The molecule has 1 heterocycles. The summed E-state index contributed by atoms with van der Waals surface area (Å²) in [4.78, 5) is 4.12. The average Bonchev–Trinajstić information content (AvgIpc) is 3.05. The van der Waals surface area contributed by atoms with E-state index in [4.69, 9.17) is 0 Å². The molecule has 1 aromatic rings. The van der Waals surface area contributed by atoms with E-state index in [2.05, 4.69) is 30.2 Å². The number of hydrogen-bond acceptors (Lipinski definition) is 2. The Hall–Kier alpha value is -0.890. The van der Waals surface area contributed by atoms with Crippen LogP contribution in [0.3, 0.4) is 0 Å². The maximum Gasteiger partial charge on any atom is 0.0299 e. The zero-order chi connectivity index (χ0) is 11.4. The predicted molar refractivity (Wildman–Crippen MR) is 67.5 cm³/mol. The molecule has 1 saturated carbocycles. The lowest BCUT2D eigenvalue weighted by atomic mass is 10.1. The van der Waals surface area contributed by atoms with Crippen LogP contribution >= 0.6 is 0 Å². The Morgan fingerprint density at radius 1 is 1.50 bits per heavy atom. The number of nitrogens with zero attached hydrogens (tertiary/aromatic N) is 1. The first-order valence-electron chi connectivity index (χ1n) is 6.38. The quantitative estimate of drug-likeness (QED) is 0.794. The van der Waals surface area contributed by atoms with Crippen molar-refractivity contribution in [3.05, 3.63) is 29.6 Å². The molecule has 0 amide bonds. The standard InChI is InChI=1S/C14H22N2/c1-11-10-15-7-5-14(11)6-8-16-12(2)9-13-3-4-13/h5,7,10,12-13,16H,3-4,6,8-9H2,1-2H3. The molecule has 0 bridgehead atoms. The van der Waals surface area contributed by atoms with E-state index >= 15 is 0 Å². The minimum absolute atomic E-state index is 0.676. The Kier molecular flexibility index (Phi) is 3.94. The molecular weight excluding hydrogens is 196 g/mol. The summed E-state index contributed by atoms with van der Waals surface area (Å²) in [5, 5.41) is 3.61. The molecule has 1 aliphatic carbocycles. The fourth-order valence-electron chi connectivity index (χ4n) is 2.17. The fourth-order valence-corrected chi connectivity index (χ4v) is 2.17. The number of rotatable bonds is 6. The lowest BCUT2D eigenvalue weighted by molar-refractivity contribution is 0.491. The third-order valence-electron chi connectivity index (χ3n) is 3.41. The number of nitrogens with one attached hydrogen (secondary N) is 1. The SMILES string of the molecule is Cc1cnccc1CCNC(C)CC1CC1. The van der Waals surface area contributed by atoms with Gasteiger partial charge in [0.2, 0.25) is 0 Å². The topological polar surface area (TPSA) is 24.9 Å². The third-order valence-corrected chi connectivity index (χ3v) is 3.41. The minimum Gasteiger partial charge on any atom is -0.314 e. The minimum atomic E-state index is 0.676. The molecular formula is C14H22N2. The molecule has 2 rings (SSSR count). The van der Waals surface area contributed by atoms with Crippen molar-refractivity contribution in [3.8, 4) is 0 Å². The van der Waals surface area contributed by atoms with E-state index in [1.165, 1.54) is 30.4 Å². The van der Waals surface area contributed by atoms with Crippen molar-refractivity contribution in [3.63, 3.8) is 0 Å². The molecule has 1 aromatic heterocycles. The Bertz CT molecular complexity index is 331. The van der Waals surface area contributed by atoms with E-state index < -0.39 is 0 Å². The van der Waals surface area contributed by atoms with E-state index in [-0.39, 0.29) is 0 Å². The van der Waals surface area contributed by atoms with Crippen molar-refractivity contribution in [2.75, 3.05) is 6.54 Å². The highest BCUT2D eigenvalue weighted by Gasteiger charge is 2.23. The van der Waals surface area contributed by atoms with Crippen molar-refractivity contribution in [2.45, 2.75) is 45.6 Å². The van der Waals surface area contributed by atoms with Crippen molar-refractivity contribution in [1.82, 2.24) is 10.3 Å². The second-order valence-corrected chi connectivity index (χ2v) is 5.09. The van der Waals surface area contributed by atoms with Crippen LogP contribution in [0, 0.1) is 12.8 Å². The van der Waals surface area contributed by atoms with E-state index in [9.17, 15) is 0 Å². The summed E-state index contributed by atoms with van der Waals surface area (Å²) in [5.74, 6) is 1.02. The van der Waals surface area contributed by atoms with Gasteiger partial charge in [-0.15, -0.1) is 0 Å². The second-order valence-electron chi connectivity index (χ2n) is 5.09. The second kappa shape index (κ2) is 5.44. The molecule has 0 saturated heterocycles. The number of aryl methyl sites for hydroxylation is 1. The summed E-state index contributed by atoms with van der Waals surface area (Å²) in [6.07, 6.45) is 9.21. The van der Waals surface area contributed by atoms with Crippen LogP contribution in [-0.2, 0) is 6.42 Å². The monoisotopic (exact) mass is 218 g/mol. The van der Waals surface area contributed by atoms with Crippen LogP contribution in [0.15, 0.2) is 18.5 Å². The maximum atomic E-state index is 4.12. The molecule has 0 aliphatic heterocycles. The van der Waals surface area contributed by atoms with Gasteiger partial charge in [0, 0.05) is 18.4 Å². The van der Waals surface area contributed by atoms with Gasteiger partial charge in [-0.05, 0) is 56.3 Å². The lowest BCUT2D eigenvalue weighted by Gasteiger charge is -2.13. The van der Waals surface area contributed by atoms with Crippen LogP contribution in [0.1, 0.15) is 37.3 Å². The first kappa shape index (κ1) is 11.6. The average molecular weight is 218 g/mol. The smallest absolute Gasteiger partial charge is 0.0299 e.